The molecule has 1 fully saturated rings. The molecule has 0 saturated heterocycles. The Kier molecular flexibility index (Phi) is 3.68. The Morgan fingerprint density at radius 2 is 2.00 bits per heavy atom. The van der Waals surface area contributed by atoms with Gasteiger partial charge in [0.1, 0.15) is 11.3 Å². The maximum Gasteiger partial charge on any atom is 0.190 e. The molecule has 26 heavy (non-hydrogen) atoms. The molecule has 0 bridgehead atoms. The molecule has 0 unspecified atom stereocenters. The molecule has 2 heterocycles. The molecule has 4 aromatic rings. The van der Waals surface area contributed by atoms with E-state index in [1.807, 2.05) is 42.5 Å². The number of methoxy groups -OCH3 is 1. The van der Waals surface area contributed by atoms with Crippen LogP contribution >= 0.6 is 11.3 Å². The van der Waals surface area contributed by atoms with Crippen molar-refractivity contribution >= 4 is 28.0 Å². The highest BCUT2D eigenvalue weighted by Crippen LogP contribution is 2.39. The van der Waals surface area contributed by atoms with Crippen LogP contribution in [0.3, 0.4) is 0 Å². The first-order valence-corrected chi connectivity index (χ1v) is 9.57. The van der Waals surface area contributed by atoms with E-state index in [0.29, 0.717) is 6.04 Å². The second kappa shape index (κ2) is 6.18. The Balaban J connectivity index is 1.65. The predicted molar refractivity (Wildman–Crippen MR) is 104 cm³/mol. The maximum atomic E-state index is 6.10. The number of furan rings is 1. The van der Waals surface area contributed by atoms with Crippen LogP contribution in [0.1, 0.15) is 18.9 Å². The number of hydrogen-bond acceptors (Lipinski definition) is 4. The van der Waals surface area contributed by atoms with Crippen LogP contribution in [-0.4, -0.2) is 11.7 Å². The SMILES string of the molecule is COc1cccc(N=c2scc(-c3cc4ccccc4o3)n2C2CC2)c1. The molecular formula is C21H18N2O2S. The highest BCUT2D eigenvalue weighted by atomic mass is 32.1. The van der Waals surface area contributed by atoms with Crippen molar-refractivity contribution in [1.29, 1.82) is 0 Å². The summed E-state index contributed by atoms with van der Waals surface area (Å²) in [6.45, 7) is 0. The van der Waals surface area contributed by atoms with Gasteiger partial charge in [0.25, 0.3) is 0 Å². The Morgan fingerprint density at radius 3 is 2.81 bits per heavy atom. The first-order chi connectivity index (χ1) is 12.8. The lowest BCUT2D eigenvalue weighted by atomic mass is 10.2. The van der Waals surface area contributed by atoms with Gasteiger partial charge in [0.15, 0.2) is 10.6 Å². The normalized spacial score (nSPS) is 14.9. The number of thiazole rings is 1. The molecule has 0 amide bonds. The predicted octanol–water partition coefficient (Wildman–Crippen LogP) is 5.54. The summed E-state index contributed by atoms with van der Waals surface area (Å²) in [7, 11) is 1.67. The average molecular weight is 362 g/mol. The van der Waals surface area contributed by atoms with E-state index < -0.39 is 0 Å². The number of benzene rings is 2. The van der Waals surface area contributed by atoms with Crippen LogP contribution < -0.4 is 9.54 Å². The number of ether oxygens (including phenoxy) is 1. The van der Waals surface area contributed by atoms with Crippen molar-refractivity contribution in [2.24, 2.45) is 4.99 Å². The third-order valence-electron chi connectivity index (χ3n) is 4.61. The largest absolute Gasteiger partial charge is 0.497 e. The minimum Gasteiger partial charge on any atom is -0.497 e. The van der Waals surface area contributed by atoms with Gasteiger partial charge in [-0.3, -0.25) is 0 Å². The molecular weight excluding hydrogens is 344 g/mol. The lowest BCUT2D eigenvalue weighted by Crippen LogP contribution is -2.14. The number of nitrogens with zero attached hydrogens (tertiary/aromatic N) is 2. The van der Waals surface area contributed by atoms with Gasteiger partial charge in [-0.1, -0.05) is 24.3 Å². The lowest BCUT2D eigenvalue weighted by molar-refractivity contribution is 0.415. The van der Waals surface area contributed by atoms with Crippen LogP contribution in [0.4, 0.5) is 5.69 Å². The molecule has 4 nitrogen and oxygen atoms in total. The van der Waals surface area contributed by atoms with E-state index in [-0.39, 0.29) is 0 Å². The highest BCUT2D eigenvalue weighted by Gasteiger charge is 2.28. The highest BCUT2D eigenvalue weighted by molar-refractivity contribution is 7.07. The maximum absolute atomic E-state index is 6.10. The molecule has 2 aromatic carbocycles. The molecule has 0 spiro atoms. The number of hydrogen-bond donors (Lipinski definition) is 0. The summed E-state index contributed by atoms with van der Waals surface area (Å²) in [5.41, 5.74) is 2.93. The van der Waals surface area contributed by atoms with Gasteiger partial charge in [-0.25, -0.2) is 4.99 Å². The quantitative estimate of drug-likeness (QED) is 0.478. The first-order valence-electron chi connectivity index (χ1n) is 8.69. The van der Waals surface area contributed by atoms with Crippen LogP contribution in [-0.2, 0) is 0 Å². The van der Waals surface area contributed by atoms with Gasteiger partial charge in [0.05, 0.1) is 18.5 Å². The number of rotatable bonds is 4. The Bertz CT molecular complexity index is 1120. The molecule has 0 N–H and O–H groups in total. The third-order valence-corrected chi connectivity index (χ3v) is 5.45. The molecule has 2 aromatic heterocycles. The summed E-state index contributed by atoms with van der Waals surface area (Å²) >= 11 is 1.65. The van der Waals surface area contributed by atoms with Gasteiger partial charge < -0.3 is 13.7 Å². The molecule has 1 aliphatic carbocycles. The molecule has 1 saturated carbocycles. The minimum atomic E-state index is 0.508. The van der Waals surface area contributed by atoms with Gasteiger partial charge in [0.2, 0.25) is 0 Å². The van der Waals surface area contributed by atoms with Crippen LogP contribution in [0, 0.1) is 0 Å². The number of aromatic nitrogens is 1. The second-order valence-corrected chi connectivity index (χ2v) is 7.30. The fraction of sp³-hybridized carbons (Fsp3) is 0.190. The van der Waals surface area contributed by atoms with Crippen molar-refractivity contribution in [2.45, 2.75) is 18.9 Å². The van der Waals surface area contributed by atoms with E-state index in [4.69, 9.17) is 14.1 Å². The topological polar surface area (TPSA) is 39.7 Å². The standard InChI is InChI=1S/C21H18N2O2S/c1-24-17-7-4-6-15(12-17)22-21-23(16-9-10-16)18(13-26-21)20-11-14-5-2-3-8-19(14)25-20/h2-8,11-13,16H,9-10H2,1H3. The minimum absolute atomic E-state index is 0.508. The van der Waals surface area contributed by atoms with Gasteiger partial charge >= 0.3 is 0 Å². The Hall–Kier alpha value is -2.79. The van der Waals surface area contributed by atoms with Gasteiger partial charge in [-0.15, -0.1) is 11.3 Å². The lowest BCUT2D eigenvalue weighted by Gasteiger charge is -2.05. The van der Waals surface area contributed by atoms with Crippen molar-refractivity contribution in [1.82, 2.24) is 4.57 Å². The van der Waals surface area contributed by atoms with Crippen molar-refractivity contribution < 1.29 is 9.15 Å². The van der Waals surface area contributed by atoms with Gasteiger partial charge in [-0.05, 0) is 37.1 Å². The number of fused-ring (bicyclic) bond motifs is 1. The zero-order valence-electron chi connectivity index (χ0n) is 14.4. The van der Waals surface area contributed by atoms with Crippen molar-refractivity contribution in [3.8, 4) is 17.2 Å². The molecule has 130 valence electrons. The van der Waals surface area contributed by atoms with E-state index >= 15 is 0 Å². The summed E-state index contributed by atoms with van der Waals surface area (Å²) in [5, 5.41) is 3.28. The Labute approximate surface area is 155 Å². The monoisotopic (exact) mass is 362 g/mol. The van der Waals surface area contributed by atoms with E-state index in [0.717, 1.165) is 38.7 Å². The van der Waals surface area contributed by atoms with Crippen LogP contribution in [0.15, 0.2) is 69.4 Å². The van der Waals surface area contributed by atoms with Crippen molar-refractivity contribution in [3.63, 3.8) is 0 Å². The average Bonchev–Trinajstić information content (AvgIpc) is 3.28. The first kappa shape index (κ1) is 15.5. The summed E-state index contributed by atoms with van der Waals surface area (Å²) in [6, 6.07) is 18.6. The zero-order valence-corrected chi connectivity index (χ0v) is 15.2. The van der Waals surface area contributed by atoms with Crippen molar-refractivity contribution in [3.05, 3.63) is 64.8 Å². The van der Waals surface area contributed by atoms with E-state index in [2.05, 4.69) is 22.1 Å². The summed E-state index contributed by atoms with van der Waals surface area (Å²) in [5.74, 6) is 1.72. The third kappa shape index (κ3) is 2.74. The second-order valence-electron chi connectivity index (χ2n) is 6.47. The molecule has 1 aliphatic rings. The van der Waals surface area contributed by atoms with Crippen LogP contribution in [0.2, 0.25) is 0 Å². The summed E-state index contributed by atoms with van der Waals surface area (Å²) in [6.07, 6.45) is 2.38. The van der Waals surface area contributed by atoms with Crippen molar-refractivity contribution in [2.75, 3.05) is 7.11 Å². The summed E-state index contributed by atoms with van der Waals surface area (Å²) < 4.78 is 13.7. The van der Waals surface area contributed by atoms with Gasteiger partial charge in [-0.2, -0.15) is 0 Å². The molecule has 5 heteroatoms. The molecule has 0 atom stereocenters. The summed E-state index contributed by atoms with van der Waals surface area (Å²) in [4.78, 5) is 5.87. The van der Waals surface area contributed by atoms with Crippen LogP contribution in [0.25, 0.3) is 22.4 Å². The Morgan fingerprint density at radius 1 is 1.12 bits per heavy atom. The molecule has 0 aliphatic heterocycles. The van der Waals surface area contributed by atoms with Gasteiger partial charge in [0, 0.05) is 22.9 Å². The van der Waals surface area contributed by atoms with E-state index in [1.54, 1.807) is 18.4 Å². The fourth-order valence-electron chi connectivity index (χ4n) is 3.17. The van der Waals surface area contributed by atoms with E-state index in [1.165, 1.54) is 12.8 Å². The molecule has 0 radical (unpaired) electrons. The molecule has 5 rings (SSSR count). The smallest absolute Gasteiger partial charge is 0.190 e. The van der Waals surface area contributed by atoms with E-state index in [9.17, 15) is 0 Å². The van der Waals surface area contributed by atoms with Crippen LogP contribution in [0.5, 0.6) is 5.75 Å². The number of para-hydroxylation sites is 1. The zero-order chi connectivity index (χ0) is 17.5. The fourth-order valence-corrected chi connectivity index (χ4v) is 4.13.